The Morgan fingerprint density at radius 1 is 1.09 bits per heavy atom. The maximum Gasteiger partial charge on any atom is 0.304 e. The van der Waals surface area contributed by atoms with E-state index in [0.29, 0.717) is 30.6 Å². The van der Waals surface area contributed by atoms with Crippen molar-refractivity contribution >= 4 is 26.9 Å². The Kier molecular flexibility index (Phi) is 6.20. The van der Waals surface area contributed by atoms with Crippen molar-refractivity contribution in [2.75, 3.05) is 24.4 Å². The standard InChI is InChI=1S/C23H32F4N4O2S/c1-21(2,3)20-28-18-13-17(29(4)34(32,33)30-12-11-23(26,27)15-30)5-6-19(18)31(20)14-16-7-9-22(24,25)10-8-16/h5-6,13,16H,7-12,14-15H2,1-4H3. The van der Waals surface area contributed by atoms with Crippen LogP contribution in [0.4, 0.5) is 23.2 Å². The summed E-state index contributed by atoms with van der Waals surface area (Å²) < 4.78 is 84.2. The molecule has 1 aliphatic carbocycles. The van der Waals surface area contributed by atoms with Crippen molar-refractivity contribution in [3.8, 4) is 0 Å². The first-order chi connectivity index (χ1) is 15.6. The van der Waals surface area contributed by atoms with E-state index in [4.69, 9.17) is 4.98 Å². The molecule has 11 heteroatoms. The molecule has 4 rings (SSSR count). The zero-order valence-electron chi connectivity index (χ0n) is 20.0. The van der Waals surface area contributed by atoms with Gasteiger partial charge < -0.3 is 4.57 Å². The molecule has 1 aliphatic heterocycles. The fraction of sp³-hybridized carbons (Fsp3) is 0.696. The van der Waals surface area contributed by atoms with E-state index in [1.54, 1.807) is 18.2 Å². The second-order valence-corrected chi connectivity index (χ2v) is 12.6. The van der Waals surface area contributed by atoms with Gasteiger partial charge in [0.15, 0.2) is 0 Å². The molecule has 2 aliphatic rings. The third-order valence-electron chi connectivity index (χ3n) is 6.85. The fourth-order valence-electron chi connectivity index (χ4n) is 4.82. The molecule has 2 heterocycles. The van der Waals surface area contributed by atoms with E-state index in [2.05, 4.69) is 4.57 Å². The van der Waals surface area contributed by atoms with E-state index in [-0.39, 0.29) is 30.7 Å². The van der Waals surface area contributed by atoms with Gasteiger partial charge >= 0.3 is 10.2 Å². The van der Waals surface area contributed by atoms with Gasteiger partial charge in [0.05, 0.1) is 23.3 Å². The number of halogens is 4. The number of imidazole rings is 1. The number of aromatic nitrogens is 2. The molecule has 6 nitrogen and oxygen atoms in total. The summed E-state index contributed by atoms with van der Waals surface area (Å²) in [5.41, 5.74) is 1.38. The highest BCUT2D eigenvalue weighted by atomic mass is 32.2. The van der Waals surface area contributed by atoms with Gasteiger partial charge in [-0.1, -0.05) is 20.8 Å². The average molecular weight is 505 g/mol. The highest BCUT2D eigenvalue weighted by molar-refractivity contribution is 7.90. The lowest BCUT2D eigenvalue weighted by Crippen LogP contribution is -2.41. The van der Waals surface area contributed by atoms with Gasteiger partial charge in [-0.2, -0.15) is 12.7 Å². The van der Waals surface area contributed by atoms with E-state index in [1.165, 1.54) is 7.05 Å². The first-order valence-corrected chi connectivity index (χ1v) is 13.0. The Hall–Kier alpha value is -1.88. The number of hydrogen-bond donors (Lipinski definition) is 0. The molecule has 0 spiro atoms. The molecule has 0 atom stereocenters. The second-order valence-electron chi connectivity index (χ2n) is 10.7. The van der Waals surface area contributed by atoms with Gasteiger partial charge in [-0.3, -0.25) is 4.31 Å². The van der Waals surface area contributed by atoms with E-state index in [9.17, 15) is 26.0 Å². The van der Waals surface area contributed by atoms with E-state index < -0.39 is 35.0 Å². The molecule has 1 saturated carbocycles. The van der Waals surface area contributed by atoms with Crippen LogP contribution >= 0.6 is 0 Å². The summed E-state index contributed by atoms with van der Waals surface area (Å²) in [4.78, 5) is 4.78. The molecule has 34 heavy (non-hydrogen) atoms. The van der Waals surface area contributed by atoms with Crippen molar-refractivity contribution < 1.29 is 26.0 Å². The van der Waals surface area contributed by atoms with Gasteiger partial charge in [0.1, 0.15) is 5.82 Å². The first kappa shape index (κ1) is 25.2. The monoisotopic (exact) mass is 504 g/mol. The molecule has 0 bridgehead atoms. The van der Waals surface area contributed by atoms with Gasteiger partial charge in [-0.05, 0) is 37.0 Å². The van der Waals surface area contributed by atoms with E-state index >= 15 is 0 Å². The Labute approximate surface area is 198 Å². The molecule has 1 aromatic carbocycles. The lowest BCUT2D eigenvalue weighted by molar-refractivity contribution is -0.0473. The second kappa shape index (κ2) is 8.36. The number of rotatable bonds is 5. The number of benzene rings is 1. The fourth-order valence-corrected chi connectivity index (χ4v) is 6.22. The lowest BCUT2D eigenvalue weighted by Gasteiger charge is -2.30. The van der Waals surface area contributed by atoms with Crippen LogP contribution in [-0.4, -0.2) is 54.3 Å². The largest absolute Gasteiger partial charge is 0.327 e. The Morgan fingerprint density at radius 3 is 2.29 bits per heavy atom. The van der Waals surface area contributed by atoms with Gasteiger partial charge in [0.2, 0.25) is 5.92 Å². The van der Waals surface area contributed by atoms with Crippen LogP contribution < -0.4 is 4.31 Å². The van der Waals surface area contributed by atoms with Crippen LogP contribution in [0.15, 0.2) is 18.2 Å². The Morgan fingerprint density at radius 2 is 1.74 bits per heavy atom. The molecule has 2 fully saturated rings. The summed E-state index contributed by atoms with van der Waals surface area (Å²) >= 11 is 0. The van der Waals surface area contributed by atoms with Crippen molar-refractivity contribution in [3.63, 3.8) is 0 Å². The molecule has 1 aromatic heterocycles. The normalized spacial score (nSPS) is 21.9. The summed E-state index contributed by atoms with van der Waals surface area (Å²) in [7, 11) is -2.77. The maximum absolute atomic E-state index is 13.6. The van der Waals surface area contributed by atoms with Crippen LogP contribution in [-0.2, 0) is 22.2 Å². The summed E-state index contributed by atoms with van der Waals surface area (Å²) in [6.45, 7) is 5.56. The third kappa shape index (κ3) is 4.91. The van der Waals surface area contributed by atoms with Crippen LogP contribution in [0.2, 0.25) is 0 Å². The van der Waals surface area contributed by atoms with Crippen LogP contribution in [0, 0.1) is 5.92 Å². The van der Waals surface area contributed by atoms with Crippen molar-refractivity contribution in [2.45, 2.75) is 76.7 Å². The smallest absolute Gasteiger partial charge is 0.304 e. The number of nitrogens with zero attached hydrogens (tertiary/aromatic N) is 4. The van der Waals surface area contributed by atoms with Gasteiger partial charge in [0.25, 0.3) is 5.92 Å². The van der Waals surface area contributed by atoms with Gasteiger partial charge in [-0.15, -0.1) is 0 Å². The zero-order valence-corrected chi connectivity index (χ0v) is 20.8. The molecule has 2 aromatic rings. The third-order valence-corrected chi connectivity index (χ3v) is 8.72. The van der Waals surface area contributed by atoms with Crippen molar-refractivity contribution in [1.29, 1.82) is 0 Å². The number of fused-ring (bicyclic) bond motifs is 1. The summed E-state index contributed by atoms with van der Waals surface area (Å²) in [6.07, 6.45) is 0.159. The molecular weight excluding hydrogens is 472 g/mol. The topological polar surface area (TPSA) is 58.4 Å². The van der Waals surface area contributed by atoms with Crippen LogP contribution in [0.25, 0.3) is 11.0 Å². The minimum atomic E-state index is -4.12. The molecular formula is C23H32F4N4O2S. The number of alkyl halides is 4. The SMILES string of the molecule is CN(c1ccc2c(c1)nc(C(C)(C)C)n2CC1CCC(F)(F)CC1)S(=O)(=O)N1CCC(F)(F)C1. The number of anilines is 1. The maximum atomic E-state index is 13.6. The van der Waals surface area contributed by atoms with Gasteiger partial charge in [0, 0.05) is 44.8 Å². The number of hydrogen-bond acceptors (Lipinski definition) is 3. The highest BCUT2D eigenvalue weighted by Gasteiger charge is 2.44. The van der Waals surface area contributed by atoms with Gasteiger partial charge in [-0.25, -0.2) is 22.5 Å². The molecule has 0 amide bonds. The summed E-state index contributed by atoms with van der Waals surface area (Å²) in [6, 6.07) is 5.05. The first-order valence-electron chi connectivity index (χ1n) is 11.6. The van der Waals surface area contributed by atoms with Crippen molar-refractivity contribution in [1.82, 2.24) is 13.9 Å². The predicted molar refractivity (Wildman–Crippen MR) is 124 cm³/mol. The summed E-state index contributed by atoms with van der Waals surface area (Å²) in [5.74, 6) is -4.72. The summed E-state index contributed by atoms with van der Waals surface area (Å²) in [5, 5.41) is 0. The van der Waals surface area contributed by atoms with Crippen LogP contribution in [0.3, 0.4) is 0 Å². The average Bonchev–Trinajstić information content (AvgIpc) is 3.28. The van der Waals surface area contributed by atoms with Crippen molar-refractivity contribution in [3.05, 3.63) is 24.0 Å². The van der Waals surface area contributed by atoms with Crippen LogP contribution in [0.5, 0.6) is 0 Å². The molecule has 0 radical (unpaired) electrons. The Bertz CT molecular complexity index is 1160. The van der Waals surface area contributed by atoms with E-state index in [1.807, 2.05) is 20.8 Å². The van der Waals surface area contributed by atoms with E-state index in [0.717, 1.165) is 20.0 Å². The molecule has 190 valence electrons. The molecule has 0 N–H and O–H groups in total. The van der Waals surface area contributed by atoms with Crippen LogP contribution in [0.1, 0.15) is 58.7 Å². The molecule has 0 unspecified atom stereocenters. The quantitative estimate of drug-likeness (QED) is 0.527. The molecule has 1 saturated heterocycles. The minimum Gasteiger partial charge on any atom is -0.327 e. The minimum absolute atomic E-state index is 0.109. The Balaban J connectivity index is 1.65. The highest BCUT2D eigenvalue weighted by Crippen LogP contribution is 2.38. The zero-order chi connectivity index (χ0) is 25.1. The predicted octanol–water partition coefficient (Wildman–Crippen LogP) is 5.18. The van der Waals surface area contributed by atoms with Crippen molar-refractivity contribution in [2.24, 2.45) is 5.92 Å². The lowest BCUT2D eigenvalue weighted by atomic mass is 9.86.